The lowest BCUT2D eigenvalue weighted by atomic mass is 9.69. The number of nitrogens with one attached hydrogen (secondary N) is 1. The molecule has 2 heterocycles. The van der Waals surface area contributed by atoms with Crippen molar-refractivity contribution >= 4 is 44.7 Å². The van der Waals surface area contributed by atoms with Gasteiger partial charge in [0.05, 0.1) is 15.6 Å². The molecule has 0 saturated carbocycles. The van der Waals surface area contributed by atoms with Gasteiger partial charge in [-0.2, -0.15) is 0 Å². The summed E-state index contributed by atoms with van der Waals surface area (Å²) >= 11 is 1.20. The first-order chi connectivity index (χ1) is 20.1. The monoisotopic (exact) mass is 581 g/mol. The van der Waals surface area contributed by atoms with E-state index in [0.29, 0.717) is 68.4 Å². The minimum Gasteiger partial charge on any atom is -0.457 e. The normalized spacial score (nSPS) is 21.4. The van der Waals surface area contributed by atoms with Crippen LogP contribution in [0.3, 0.4) is 0 Å². The number of likely N-dealkylation sites (tertiary alicyclic amines) is 1. The van der Waals surface area contributed by atoms with E-state index in [0.717, 1.165) is 5.56 Å². The number of hydrogen-bond donors (Lipinski definition) is 4. The zero-order valence-corrected chi connectivity index (χ0v) is 23.9. The summed E-state index contributed by atoms with van der Waals surface area (Å²) in [5.74, 6) is 0.340. The zero-order valence-electron chi connectivity index (χ0n) is 23.1. The summed E-state index contributed by atoms with van der Waals surface area (Å²) in [4.78, 5) is 41.7. The summed E-state index contributed by atoms with van der Waals surface area (Å²) < 4.78 is 6.64. The van der Waals surface area contributed by atoms with Gasteiger partial charge in [0.1, 0.15) is 17.0 Å². The summed E-state index contributed by atoms with van der Waals surface area (Å²) in [6.07, 6.45) is 1.87. The fourth-order valence-corrected chi connectivity index (χ4v) is 7.26. The molecular weight excluding hydrogens is 550 g/mol. The summed E-state index contributed by atoms with van der Waals surface area (Å²) in [7, 11) is 0. The Morgan fingerprint density at radius 1 is 1.12 bits per heavy atom. The number of amides is 2. The van der Waals surface area contributed by atoms with Gasteiger partial charge in [-0.25, -0.2) is 0 Å². The number of thiophene rings is 1. The van der Waals surface area contributed by atoms with Crippen LogP contribution in [0, 0.1) is 6.92 Å². The van der Waals surface area contributed by atoms with Gasteiger partial charge in [-0.05, 0) is 66.4 Å². The molecule has 3 atom stereocenters. The van der Waals surface area contributed by atoms with E-state index in [1.165, 1.54) is 17.4 Å². The quantitative estimate of drug-likeness (QED) is 0.199. The lowest BCUT2D eigenvalue weighted by Crippen LogP contribution is -2.53. The van der Waals surface area contributed by atoms with Crippen molar-refractivity contribution in [3.8, 4) is 11.5 Å². The van der Waals surface area contributed by atoms with Crippen LogP contribution in [0.25, 0.3) is 10.1 Å². The average molecular weight is 582 g/mol. The van der Waals surface area contributed by atoms with E-state index >= 15 is 0 Å². The van der Waals surface area contributed by atoms with Gasteiger partial charge in [-0.1, -0.05) is 36.9 Å². The Bertz CT molecular complexity index is 1770. The molecule has 0 spiro atoms. The second kappa shape index (κ2) is 10.4. The van der Waals surface area contributed by atoms with Crippen LogP contribution in [0.15, 0.2) is 73.3 Å². The molecule has 2 aliphatic rings. The minimum absolute atomic E-state index is 0.178. The summed E-state index contributed by atoms with van der Waals surface area (Å²) in [5.41, 5.74) is 21.3. The van der Waals surface area contributed by atoms with E-state index in [-0.39, 0.29) is 17.9 Å². The third-order valence-corrected chi connectivity index (χ3v) is 9.38. The maximum atomic E-state index is 14.1. The van der Waals surface area contributed by atoms with Gasteiger partial charge in [0.25, 0.3) is 5.91 Å². The number of nitrogen functional groups attached to an aromatic ring is 1. The second-order valence-electron chi connectivity index (χ2n) is 10.7. The smallest absolute Gasteiger partial charge is 0.262 e. The molecular formula is C32H31N5O4S. The molecule has 7 N–H and O–H groups in total. The lowest BCUT2D eigenvalue weighted by Gasteiger charge is -2.37. The van der Waals surface area contributed by atoms with E-state index in [9.17, 15) is 14.4 Å². The molecule has 1 saturated heterocycles. The van der Waals surface area contributed by atoms with Crippen molar-refractivity contribution in [1.82, 2.24) is 10.2 Å². The zero-order chi connectivity index (χ0) is 29.8. The summed E-state index contributed by atoms with van der Waals surface area (Å²) in [5, 5.41) is 3.65. The maximum absolute atomic E-state index is 14.1. The van der Waals surface area contributed by atoms with Crippen LogP contribution in [-0.2, 0) is 15.1 Å². The van der Waals surface area contributed by atoms with Crippen molar-refractivity contribution in [1.29, 1.82) is 0 Å². The van der Waals surface area contributed by atoms with Crippen molar-refractivity contribution in [3.05, 3.63) is 100 Å². The highest BCUT2D eigenvalue weighted by molar-refractivity contribution is 7.21. The standard InChI is InChI=1S/C32H31N5O4S/c1-3-24(38)37-14-13-18(16-37)36-31(40)29-26-25-22(11-12-23(33)28(25)42-29)32(35,30(39)27(26)34)21-10-9-20(15-17(21)2)41-19-7-5-4-6-8-19/h3-12,15,18,27H,1,13-14,16,33-35H2,2H3,(H,36,40). The Morgan fingerprint density at radius 2 is 1.86 bits per heavy atom. The number of aryl methyl sites for hydroxylation is 1. The van der Waals surface area contributed by atoms with Crippen molar-refractivity contribution in [2.45, 2.75) is 31.0 Å². The van der Waals surface area contributed by atoms with Crippen LogP contribution >= 0.6 is 11.3 Å². The summed E-state index contributed by atoms with van der Waals surface area (Å²) in [6, 6.07) is 16.9. The van der Waals surface area contributed by atoms with E-state index in [1.807, 2.05) is 43.3 Å². The van der Waals surface area contributed by atoms with Crippen LogP contribution in [0.4, 0.5) is 5.69 Å². The number of Topliss-reactive ketones (excluding diaryl/α,β-unsaturated/α-hetero) is 1. The lowest BCUT2D eigenvalue weighted by molar-refractivity contribution is -0.125. The number of anilines is 1. The number of hydrogen-bond acceptors (Lipinski definition) is 8. The van der Waals surface area contributed by atoms with Crippen LogP contribution in [0.2, 0.25) is 0 Å². The van der Waals surface area contributed by atoms with Crippen LogP contribution in [-0.4, -0.2) is 41.6 Å². The number of para-hydroxylation sites is 1. The summed E-state index contributed by atoms with van der Waals surface area (Å²) in [6.45, 7) is 6.31. The Labute approximate surface area is 246 Å². The van der Waals surface area contributed by atoms with Gasteiger partial charge in [0.15, 0.2) is 5.78 Å². The van der Waals surface area contributed by atoms with Gasteiger partial charge in [-0.15, -0.1) is 11.3 Å². The Hall–Kier alpha value is -4.51. The molecule has 6 rings (SSSR count). The SMILES string of the molecule is C=CC(=O)N1CCC(NC(=O)c2sc3c(N)ccc4c3c2C(N)C(=O)C4(N)c2ccc(Oc3ccccc3)cc2C)C1. The third-order valence-electron chi connectivity index (χ3n) is 8.13. The minimum atomic E-state index is -1.57. The van der Waals surface area contributed by atoms with Crippen molar-refractivity contribution in [2.75, 3.05) is 18.8 Å². The molecule has 214 valence electrons. The fourth-order valence-electron chi connectivity index (χ4n) is 6.05. The first-order valence-corrected chi connectivity index (χ1v) is 14.5. The van der Waals surface area contributed by atoms with Crippen LogP contribution < -0.4 is 27.3 Å². The van der Waals surface area contributed by atoms with E-state index < -0.39 is 17.4 Å². The number of nitrogens with two attached hydrogens (primary N) is 3. The molecule has 1 aromatic heterocycles. The number of rotatable bonds is 6. The molecule has 1 aliphatic heterocycles. The third kappa shape index (κ3) is 4.35. The van der Waals surface area contributed by atoms with Gasteiger partial charge >= 0.3 is 0 Å². The molecule has 3 unspecified atom stereocenters. The number of carbonyl (C=O) groups is 3. The predicted octanol–water partition coefficient (Wildman–Crippen LogP) is 3.89. The maximum Gasteiger partial charge on any atom is 0.262 e. The Balaban J connectivity index is 1.39. The first-order valence-electron chi connectivity index (χ1n) is 13.6. The highest BCUT2D eigenvalue weighted by Gasteiger charge is 2.49. The molecule has 0 radical (unpaired) electrons. The topological polar surface area (TPSA) is 154 Å². The van der Waals surface area contributed by atoms with Crippen LogP contribution in [0.1, 0.15) is 44.4 Å². The van der Waals surface area contributed by atoms with E-state index in [4.69, 9.17) is 21.9 Å². The molecule has 3 aromatic carbocycles. The highest BCUT2D eigenvalue weighted by Crippen LogP contribution is 2.50. The van der Waals surface area contributed by atoms with Crippen molar-refractivity contribution in [2.24, 2.45) is 11.5 Å². The predicted molar refractivity (Wildman–Crippen MR) is 163 cm³/mol. The van der Waals surface area contributed by atoms with Crippen molar-refractivity contribution < 1.29 is 19.1 Å². The first kappa shape index (κ1) is 27.6. The molecule has 2 amide bonds. The largest absolute Gasteiger partial charge is 0.457 e. The van der Waals surface area contributed by atoms with Gasteiger partial charge in [-0.3, -0.25) is 14.4 Å². The second-order valence-corrected chi connectivity index (χ2v) is 11.8. The molecule has 9 nitrogen and oxygen atoms in total. The van der Waals surface area contributed by atoms with Gasteiger partial charge < -0.3 is 32.2 Å². The number of ether oxygens (including phenoxy) is 1. The molecule has 4 aromatic rings. The highest BCUT2D eigenvalue weighted by atomic mass is 32.1. The fraction of sp³-hybridized carbons (Fsp3) is 0.219. The van der Waals surface area contributed by atoms with Crippen LogP contribution in [0.5, 0.6) is 11.5 Å². The number of carbonyl (C=O) groups excluding carboxylic acids is 3. The molecule has 10 heteroatoms. The Kier molecular flexibility index (Phi) is 6.84. The number of nitrogens with zero attached hydrogens (tertiary/aromatic N) is 1. The average Bonchev–Trinajstić information content (AvgIpc) is 3.62. The van der Waals surface area contributed by atoms with Crippen molar-refractivity contribution in [3.63, 3.8) is 0 Å². The molecule has 1 aliphatic carbocycles. The van der Waals surface area contributed by atoms with Gasteiger partial charge in [0, 0.05) is 35.8 Å². The Morgan fingerprint density at radius 3 is 2.57 bits per heavy atom. The molecule has 1 fully saturated rings. The number of ketones is 1. The number of benzene rings is 3. The van der Waals surface area contributed by atoms with E-state index in [2.05, 4.69) is 11.9 Å². The van der Waals surface area contributed by atoms with E-state index in [1.54, 1.807) is 29.2 Å². The molecule has 42 heavy (non-hydrogen) atoms. The van der Waals surface area contributed by atoms with Gasteiger partial charge in [0.2, 0.25) is 5.91 Å². The molecule has 0 bridgehead atoms.